The van der Waals surface area contributed by atoms with Gasteiger partial charge in [-0.3, -0.25) is 0 Å². The molecule has 0 radical (unpaired) electrons. The number of carboxylic acid groups (broad SMARTS) is 1. The third-order valence-corrected chi connectivity index (χ3v) is 3.37. The molecule has 1 unspecified atom stereocenters. The number of anilines is 1. The molecular weight excluding hydrogens is 266 g/mol. The Kier molecular flexibility index (Phi) is 4.82. The molecule has 1 atom stereocenters. The molecule has 0 spiro atoms. The lowest BCUT2D eigenvalue weighted by Gasteiger charge is -2.16. The number of aliphatic carboxylic acids is 1. The van der Waals surface area contributed by atoms with Crippen molar-refractivity contribution in [2.45, 2.75) is 19.4 Å². The fourth-order valence-electron chi connectivity index (χ4n) is 2.09. The molecule has 0 aromatic heterocycles. The van der Waals surface area contributed by atoms with E-state index in [1.54, 1.807) is 31.4 Å². The quantitative estimate of drug-likeness (QED) is 0.853. The predicted molar refractivity (Wildman–Crippen MR) is 82.8 cm³/mol. The fraction of sp³-hybridized carbons (Fsp3) is 0.235. The molecule has 2 aromatic carbocycles. The molecule has 2 N–H and O–H groups in total. The number of hydrogen-bond donors (Lipinski definition) is 2. The molecular formula is C17H19NO3. The Bertz CT molecular complexity index is 590. The van der Waals surface area contributed by atoms with Crippen molar-refractivity contribution < 1.29 is 14.6 Å². The highest BCUT2D eigenvalue weighted by molar-refractivity contribution is 5.79. The third kappa shape index (κ3) is 3.75. The highest BCUT2D eigenvalue weighted by Gasteiger charge is 2.19. The van der Waals surface area contributed by atoms with Gasteiger partial charge in [0.1, 0.15) is 5.75 Å². The van der Waals surface area contributed by atoms with Gasteiger partial charge in [0.25, 0.3) is 0 Å². The Hall–Kier alpha value is -2.49. The van der Waals surface area contributed by atoms with Crippen LogP contribution in [0.3, 0.4) is 0 Å². The van der Waals surface area contributed by atoms with Crippen LogP contribution in [0, 0.1) is 0 Å². The Morgan fingerprint density at radius 1 is 1.14 bits per heavy atom. The zero-order valence-electron chi connectivity index (χ0n) is 12.2. The molecule has 21 heavy (non-hydrogen) atoms. The second-order valence-electron chi connectivity index (χ2n) is 4.74. The number of methoxy groups -OCH3 is 1. The smallest absolute Gasteiger partial charge is 0.330 e. The largest absolute Gasteiger partial charge is 0.497 e. The zero-order valence-corrected chi connectivity index (χ0v) is 12.2. The van der Waals surface area contributed by atoms with Crippen molar-refractivity contribution >= 4 is 11.7 Å². The van der Waals surface area contributed by atoms with Crippen LogP contribution in [-0.2, 0) is 11.2 Å². The van der Waals surface area contributed by atoms with E-state index >= 15 is 0 Å². The van der Waals surface area contributed by atoms with Crippen LogP contribution in [0.25, 0.3) is 0 Å². The van der Waals surface area contributed by atoms with Gasteiger partial charge in [0.2, 0.25) is 0 Å². The molecule has 0 aliphatic heterocycles. The lowest BCUT2D eigenvalue weighted by Crippen LogP contribution is -2.20. The minimum atomic E-state index is -0.907. The van der Waals surface area contributed by atoms with Crippen LogP contribution in [0.5, 0.6) is 5.75 Å². The summed E-state index contributed by atoms with van der Waals surface area (Å²) in [6, 6.07) is 14.0. The van der Waals surface area contributed by atoms with Crippen LogP contribution in [0.2, 0.25) is 0 Å². The summed E-state index contributed by atoms with van der Waals surface area (Å²) in [4.78, 5) is 11.5. The Balaban J connectivity index is 2.19. The first kappa shape index (κ1) is 14.9. The van der Waals surface area contributed by atoms with Crippen molar-refractivity contribution in [1.82, 2.24) is 0 Å². The molecule has 0 saturated carbocycles. The number of carboxylic acids is 1. The summed E-state index contributed by atoms with van der Waals surface area (Å²) >= 11 is 0. The maximum Gasteiger partial charge on any atom is 0.330 e. The van der Waals surface area contributed by atoms with Crippen LogP contribution in [0.4, 0.5) is 5.69 Å². The van der Waals surface area contributed by atoms with E-state index in [0.29, 0.717) is 0 Å². The molecule has 0 fully saturated rings. The maximum atomic E-state index is 11.5. The fourth-order valence-corrected chi connectivity index (χ4v) is 2.09. The molecule has 0 aliphatic carbocycles. The Morgan fingerprint density at radius 2 is 1.76 bits per heavy atom. The van der Waals surface area contributed by atoms with Crippen LogP contribution >= 0.6 is 0 Å². The SMILES string of the molecule is CCc1ccc(C(Nc2ccc(OC)cc2)C(=O)O)cc1. The van der Waals surface area contributed by atoms with Crippen molar-refractivity contribution in [1.29, 1.82) is 0 Å². The van der Waals surface area contributed by atoms with Gasteiger partial charge in [-0.2, -0.15) is 0 Å². The minimum absolute atomic E-state index is 0.732. The topological polar surface area (TPSA) is 58.6 Å². The standard InChI is InChI=1S/C17H19NO3/c1-3-12-4-6-13(7-5-12)16(17(19)20)18-14-8-10-15(21-2)11-9-14/h4-11,16,18H,3H2,1-2H3,(H,19,20). The summed E-state index contributed by atoms with van der Waals surface area (Å²) in [6.45, 7) is 2.07. The summed E-state index contributed by atoms with van der Waals surface area (Å²) in [5, 5.41) is 12.5. The summed E-state index contributed by atoms with van der Waals surface area (Å²) in [7, 11) is 1.60. The Labute approximate surface area is 124 Å². The van der Waals surface area contributed by atoms with Gasteiger partial charge in [-0.1, -0.05) is 31.2 Å². The van der Waals surface area contributed by atoms with Crippen LogP contribution in [0.15, 0.2) is 48.5 Å². The summed E-state index contributed by atoms with van der Waals surface area (Å²) in [5.74, 6) is -0.171. The third-order valence-electron chi connectivity index (χ3n) is 3.37. The average molecular weight is 285 g/mol. The second-order valence-corrected chi connectivity index (χ2v) is 4.74. The van der Waals surface area contributed by atoms with Gasteiger partial charge in [0.15, 0.2) is 6.04 Å². The normalized spacial score (nSPS) is 11.7. The first-order valence-electron chi connectivity index (χ1n) is 6.86. The lowest BCUT2D eigenvalue weighted by atomic mass is 10.0. The van der Waals surface area contributed by atoms with Gasteiger partial charge in [0.05, 0.1) is 7.11 Å². The van der Waals surface area contributed by atoms with E-state index in [1.807, 2.05) is 24.3 Å². The van der Waals surface area contributed by atoms with Crippen LogP contribution < -0.4 is 10.1 Å². The second kappa shape index (κ2) is 6.79. The summed E-state index contributed by atoms with van der Waals surface area (Å²) in [5.41, 5.74) is 2.66. The van der Waals surface area contributed by atoms with E-state index in [-0.39, 0.29) is 0 Å². The number of aryl methyl sites for hydroxylation is 1. The highest BCUT2D eigenvalue weighted by atomic mass is 16.5. The average Bonchev–Trinajstić information content (AvgIpc) is 2.53. The summed E-state index contributed by atoms with van der Waals surface area (Å²) in [6.07, 6.45) is 0.934. The van der Waals surface area contributed by atoms with E-state index in [4.69, 9.17) is 4.74 Å². The van der Waals surface area contributed by atoms with E-state index < -0.39 is 12.0 Å². The molecule has 0 saturated heterocycles. The summed E-state index contributed by atoms with van der Waals surface area (Å²) < 4.78 is 5.09. The van der Waals surface area contributed by atoms with E-state index in [0.717, 1.165) is 23.4 Å². The zero-order chi connectivity index (χ0) is 15.2. The lowest BCUT2D eigenvalue weighted by molar-refractivity contribution is -0.138. The number of rotatable bonds is 6. The van der Waals surface area contributed by atoms with Crippen molar-refractivity contribution in [3.05, 3.63) is 59.7 Å². The molecule has 4 heteroatoms. The molecule has 0 bridgehead atoms. The molecule has 2 rings (SSSR count). The number of carbonyl (C=O) groups is 1. The molecule has 4 nitrogen and oxygen atoms in total. The minimum Gasteiger partial charge on any atom is -0.497 e. The van der Waals surface area contributed by atoms with Gasteiger partial charge in [-0.15, -0.1) is 0 Å². The van der Waals surface area contributed by atoms with Gasteiger partial charge < -0.3 is 15.2 Å². The molecule has 0 amide bonds. The first-order chi connectivity index (χ1) is 10.1. The van der Waals surface area contributed by atoms with E-state index in [1.165, 1.54) is 5.56 Å². The van der Waals surface area contributed by atoms with Crippen molar-refractivity contribution in [3.8, 4) is 5.75 Å². The first-order valence-corrected chi connectivity index (χ1v) is 6.86. The maximum absolute atomic E-state index is 11.5. The van der Waals surface area contributed by atoms with E-state index in [2.05, 4.69) is 12.2 Å². The van der Waals surface area contributed by atoms with Gasteiger partial charge in [-0.05, 0) is 41.8 Å². The van der Waals surface area contributed by atoms with Gasteiger partial charge in [-0.25, -0.2) is 4.79 Å². The molecule has 2 aromatic rings. The highest BCUT2D eigenvalue weighted by Crippen LogP contribution is 2.22. The number of benzene rings is 2. The monoisotopic (exact) mass is 285 g/mol. The molecule has 0 aliphatic rings. The molecule has 0 heterocycles. The number of ether oxygens (including phenoxy) is 1. The van der Waals surface area contributed by atoms with Gasteiger partial charge in [0, 0.05) is 5.69 Å². The predicted octanol–water partition coefficient (Wildman–Crippen LogP) is 3.50. The van der Waals surface area contributed by atoms with Crippen molar-refractivity contribution in [2.75, 3.05) is 12.4 Å². The van der Waals surface area contributed by atoms with Crippen LogP contribution in [-0.4, -0.2) is 18.2 Å². The van der Waals surface area contributed by atoms with Crippen LogP contribution in [0.1, 0.15) is 24.1 Å². The number of hydrogen-bond acceptors (Lipinski definition) is 3. The number of nitrogens with one attached hydrogen (secondary N) is 1. The van der Waals surface area contributed by atoms with Crippen molar-refractivity contribution in [2.24, 2.45) is 0 Å². The Morgan fingerprint density at radius 3 is 2.24 bits per heavy atom. The van der Waals surface area contributed by atoms with Gasteiger partial charge >= 0.3 is 5.97 Å². The van der Waals surface area contributed by atoms with Crippen molar-refractivity contribution in [3.63, 3.8) is 0 Å². The van der Waals surface area contributed by atoms with E-state index in [9.17, 15) is 9.90 Å². The molecule has 110 valence electrons.